The van der Waals surface area contributed by atoms with Crippen molar-refractivity contribution in [2.45, 2.75) is 20.0 Å². The molecular weight excluding hydrogens is 368 g/mol. The molecule has 1 atom stereocenters. The number of nitrogens with one attached hydrogen (secondary N) is 1. The first-order chi connectivity index (χ1) is 13.0. The van der Waals surface area contributed by atoms with Gasteiger partial charge in [0.05, 0.1) is 24.4 Å². The zero-order valence-electron chi connectivity index (χ0n) is 15.6. The molecule has 144 valence electrons. The summed E-state index contributed by atoms with van der Waals surface area (Å²) < 4.78 is 10.9. The highest BCUT2D eigenvalue weighted by Crippen LogP contribution is 2.25. The van der Waals surface area contributed by atoms with Crippen LogP contribution < -0.4 is 14.8 Å². The van der Waals surface area contributed by atoms with Crippen molar-refractivity contribution in [3.8, 4) is 11.5 Å². The normalized spacial score (nSPS) is 11.4. The Morgan fingerprint density at radius 1 is 1.11 bits per heavy atom. The van der Waals surface area contributed by atoms with E-state index in [1.54, 1.807) is 56.3 Å². The highest BCUT2D eigenvalue weighted by molar-refractivity contribution is 6.32. The number of hydrogen-bond acceptors (Lipinski definition) is 4. The van der Waals surface area contributed by atoms with Crippen molar-refractivity contribution in [3.05, 3.63) is 53.6 Å². The van der Waals surface area contributed by atoms with Crippen molar-refractivity contribution in [2.75, 3.05) is 25.5 Å². The molecule has 0 heterocycles. The fourth-order valence-electron chi connectivity index (χ4n) is 2.49. The topological polar surface area (TPSA) is 67.9 Å². The third-order valence-electron chi connectivity index (χ3n) is 3.90. The van der Waals surface area contributed by atoms with E-state index in [0.29, 0.717) is 28.8 Å². The Labute approximate surface area is 164 Å². The predicted octanol–water partition coefficient (Wildman–Crippen LogP) is 3.60. The lowest BCUT2D eigenvalue weighted by Crippen LogP contribution is -2.44. The van der Waals surface area contributed by atoms with Gasteiger partial charge in [0.25, 0.3) is 5.91 Å². The van der Waals surface area contributed by atoms with Crippen molar-refractivity contribution in [3.63, 3.8) is 0 Å². The average molecular weight is 391 g/mol. The molecule has 0 fully saturated rings. The smallest absolute Gasteiger partial charge is 0.263 e. The van der Waals surface area contributed by atoms with Crippen LogP contribution in [-0.2, 0) is 9.59 Å². The number of para-hydroxylation sites is 3. The van der Waals surface area contributed by atoms with Gasteiger partial charge in [0, 0.05) is 6.54 Å². The number of amides is 2. The molecule has 0 radical (unpaired) electrons. The molecule has 27 heavy (non-hydrogen) atoms. The molecule has 0 bridgehead atoms. The molecule has 1 unspecified atom stereocenters. The monoisotopic (exact) mass is 390 g/mol. The summed E-state index contributed by atoms with van der Waals surface area (Å²) in [6.45, 7) is 3.71. The molecule has 0 aromatic heterocycles. The number of hydrogen-bond donors (Lipinski definition) is 1. The minimum atomic E-state index is -0.774. The van der Waals surface area contributed by atoms with E-state index in [4.69, 9.17) is 21.1 Å². The van der Waals surface area contributed by atoms with Gasteiger partial charge in [-0.25, -0.2) is 0 Å². The van der Waals surface area contributed by atoms with Gasteiger partial charge in [-0.15, -0.1) is 0 Å². The number of halogens is 1. The molecule has 0 saturated carbocycles. The van der Waals surface area contributed by atoms with Crippen LogP contribution in [-0.4, -0.2) is 43.0 Å². The second kappa shape index (κ2) is 9.83. The second-order valence-corrected chi connectivity index (χ2v) is 6.20. The molecule has 6 nitrogen and oxygen atoms in total. The summed E-state index contributed by atoms with van der Waals surface area (Å²) in [5, 5.41) is 3.18. The van der Waals surface area contributed by atoms with E-state index in [1.165, 1.54) is 12.0 Å². The van der Waals surface area contributed by atoms with Gasteiger partial charge in [-0.3, -0.25) is 9.59 Å². The van der Waals surface area contributed by atoms with E-state index >= 15 is 0 Å². The van der Waals surface area contributed by atoms with Crippen molar-refractivity contribution >= 4 is 29.1 Å². The molecule has 0 aliphatic carbocycles. The minimum Gasteiger partial charge on any atom is -0.495 e. The van der Waals surface area contributed by atoms with Crippen molar-refractivity contribution in [1.29, 1.82) is 0 Å². The zero-order chi connectivity index (χ0) is 19.8. The SMILES string of the molecule is CCN(CC(=O)Nc1ccccc1OC)C(=O)C(C)Oc1ccccc1Cl. The first-order valence-corrected chi connectivity index (χ1v) is 8.96. The summed E-state index contributed by atoms with van der Waals surface area (Å²) in [5.41, 5.74) is 0.550. The van der Waals surface area contributed by atoms with E-state index in [9.17, 15) is 9.59 Å². The number of benzene rings is 2. The molecule has 0 aliphatic rings. The molecule has 0 saturated heterocycles. The van der Waals surface area contributed by atoms with Gasteiger partial charge in [-0.1, -0.05) is 35.9 Å². The number of methoxy groups -OCH3 is 1. The third kappa shape index (κ3) is 5.62. The minimum absolute atomic E-state index is 0.0936. The summed E-state index contributed by atoms with van der Waals surface area (Å²) in [4.78, 5) is 26.4. The highest BCUT2D eigenvalue weighted by atomic mass is 35.5. The Bertz CT molecular complexity index is 797. The molecule has 2 aromatic rings. The van der Waals surface area contributed by atoms with Gasteiger partial charge in [0.15, 0.2) is 6.10 Å². The van der Waals surface area contributed by atoms with E-state index in [-0.39, 0.29) is 18.4 Å². The Hall–Kier alpha value is -2.73. The van der Waals surface area contributed by atoms with Crippen LogP contribution in [0.15, 0.2) is 48.5 Å². The van der Waals surface area contributed by atoms with Gasteiger partial charge in [0.1, 0.15) is 11.5 Å². The highest BCUT2D eigenvalue weighted by Gasteiger charge is 2.24. The molecule has 0 spiro atoms. The van der Waals surface area contributed by atoms with Crippen LogP contribution in [0.4, 0.5) is 5.69 Å². The quantitative estimate of drug-likeness (QED) is 0.747. The van der Waals surface area contributed by atoms with Crippen LogP contribution in [0.5, 0.6) is 11.5 Å². The average Bonchev–Trinajstić information content (AvgIpc) is 2.67. The van der Waals surface area contributed by atoms with E-state index in [0.717, 1.165) is 0 Å². The fraction of sp³-hybridized carbons (Fsp3) is 0.300. The van der Waals surface area contributed by atoms with Crippen LogP contribution in [0.25, 0.3) is 0 Å². The van der Waals surface area contributed by atoms with Crippen molar-refractivity contribution < 1.29 is 19.1 Å². The van der Waals surface area contributed by atoms with Gasteiger partial charge in [-0.2, -0.15) is 0 Å². The fourth-order valence-corrected chi connectivity index (χ4v) is 2.68. The summed E-state index contributed by atoms with van der Waals surface area (Å²) in [6, 6.07) is 14.0. The summed E-state index contributed by atoms with van der Waals surface area (Å²) in [7, 11) is 1.53. The van der Waals surface area contributed by atoms with E-state index in [1.807, 2.05) is 6.07 Å². The summed E-state index contributed by atoms with van der Waals surface area (Å²) >= 11 is 6.06. The number of carbonyl (C=O) groups excluding carboxylic acids is 2. The molecule has 2 amide bonds. The Morgan fingerprint density at radius 3 is 2.37 bits per heavy atom. The molecule has 2 aromatic carbocycles. The van der Waals surface area contributed by atoms with Crippen LogP contribution >= 0.6 is 11.6 Å². The first kappa shape index (κ1) is 20.6. The largest absolute Gasteiger partial charge is 0.495 e. The maximum atomic E-state index is 12.7. The lowest BCUT2D eigenvalue weighted by molar-refractivity contribution is -0.140. The van der Waals surface area contributed by atoms with Gasteiger partial charge >= 0.3 is 0 Å². The molecule has 1 N–H and O–H groups in total. The van der Waals surface area contributed by atoms with Crippen LogP contribution in [0.2, 0.25) is 5.02 Å². The zero-order valence-corrected chi connectivity index (χ0v) is 16.3. The molecule has 2 rings (SSSR count). The van der Waals surface area contributed by atoms with Gasteiger partial charge in [0.2, 0.25) is 5.91 Å². The number of likely N-dealkylation sites (N-methyl/N-ethyl adjacent to an activating group) is 1. The van der Waals surface area contributed by atoms with E-state index < -0.39 is 6.10 Å². The lowest BCUT2D eigenvalue weighted by Gasteiger charge is -2.24. The lowest BCUT2D eigenvalue weighted by atomic mass is 10.2. The standard InChI is InChI=1S/C20H23ClN2O4/c1-4-23(13-19(24)22-16-10-6-8-12-18(16)26-3)20(25)14(2)27-17-11-7-5-9-15(17)21/h5-12,14H,4,13H2,1-3H3,(H,22,24). The first-order valence-electron chi connectivity index (χ1n) is 8.59. The maximum Gasteiger partial charge on any atom is 0.263 e. The molecule has 0 aliphatic heterocycles. The Morgan fingerprint density at radius 2 is 1.74 bits per heavy atom. The van der Waals surface area contributed by atoms with Gasteiger partial charge in [-0.05, 0) is 38.1 Å². The van der Waals surface area contributed by atoms with Crippen molar-refractivity contribution in [1.82, 2.24) is 4.90 Å². The third-order valence-corrected chi connectivity index (χ3v) is 4.21. The number of rotatable bonds is 8. The van der Waals surface area contributed by atoms with Crippen LogP contribution in [0, 0.1) is 0 Å². The van der Waals surface area contributed by atoms with Crippen LogP contribution in [0.1, 0.15) is 13.8 Å². The summed E-state index contributed by atoms with van der Waals surface area (Å²) in [5.74, 6) is 0.359. The van der Waals surface area contributed by atoms with Crippen molar-refractivity contribution in [2.24, 2.45) is 0 Å². The Balaban J connectivity index is 1.99. The number of carbonyl (C=O) groups is 2. The predicted molar refractivity (Wildman–Crippen MR) is 105 cm³/mol. The maximum absolute atomic E-state index is 12.7. The van der Waals surface area contributed by atoms with Crippen LogP contribution in [0.3, 0.4) is 0 Å². The molecule has 7 heteroatoms. The van der Waals surface area contributed by atoms with E-state index in [2.05, 4.69) is 5.32 Å². The number of ether oxygens (including phenoxy) is 2. The number of nitrogens with zero attached hydrogens (tertiary/aromatic N) is 1. The van der Waals surface area contributed by atoms with Gasteiger partial charge < -0.3 is 19.7 Å². The second-order valence-electron chi connectivity index (χ2n) is 5.79. The molecular formula is C20H23ClN2O4. The number of anilines is 1. The summed E-state index contributed by atoms with van der Waals surface area (Å²) in [6.07, 6.45) is -0.774. The Kier molecular flexibility index (Phi) is 7.49.